The maximum atomic E-state index is 14.2. The zero-order valence-electron chi connectivity index (χ0n) is 32.7. The number of carbonyl (C=O) groups excluding carboxylic acids is 1. The third kappa shape index (κ3) is 10.9. The minimum absolute atomic E-state index is 0.0527. The highest BCUT2D eigenvalue weighted by Gasteiger charge is 2.50. The van der Waals surface area contributed by atoms with Gasteiger partial charge in [0.05, 0.1) is 30.0 Å². The minimum Gasteiger partial charge on any atom is -0.392 e. The molecule has 6 N–H and O–H groups in total. The smallest absolute Gasteiger partial charge is 0.392 e. The standard InChI is InChI=1S/C40H55N3O12S2/c1-5-7-19-40(20-8-6-2)25-56(48,49)32-18-17-29(43(3)4)22-30(32)33(37(40)46)27-15-12-16-28(21-27)41-39(47)42-38-35(45)36(53-23-26-13-10-9-11-14-26)34(44)31(55-38)24-54-57(50,51)52/h9-18,21-22,31,33-38,44-46H,5-8,19-20,23-25H2,1-4H3,(H2,41,42,47)(H,50,51,52)/t31-,33-,34-,35-,36+,37-,38-/m1/s1. The summed E-state index contributed by atoms with van der Waals surface area (Å²) in [4.78, 5) is 15.6. The number of amides is 2. The summed E-state index contributed by atoms with van der Waals surface area (Å²) in [6.07, 6.45) is -4.63. The number of unbranched alkanes of at least 4 members (excludes halogenated alkanes) is 2. The highest BCUT2D eigenvalue weighted by molar-refractivity contribution is 7.91. The van der Waals surface area contributed by atoms with E-state index in [9.17, 15) is 36.9 Å². The number of urea groups is 1. The van der Waals surface area contributed by atoms with E-state index >= 15 is 0 Å². The van der Waals surface area contributed by atoms with Crippen molar-refractivity contribution in [3.63, 3.8) is 0 Å². The maximum Gasteiger partial charge on any atom is 0.397 e. The van der Waals surface area contributed by atoms with E-state index in [2.05, 4.69) is 14.8 Å². The molecule has 7 atom stereocenters. The maximum absolute atomic E-state index is 14.2. The predicted molar refractivity (Wildman–Crippen MR) is 214 cm³/mol. The predicted octanol–water partition coefficient (Wildman–Crippen LogP) is 4.37. The molecule has 0 radical (unpaired) electrons. The lowest BCUT2D eigenvalue weighted by Gasteiger charge is -2.42. The molecule has 17 heteroatoms. The lowest BCUT2D eigenvalue weighted by Crippen LogP contribution is -2.64. The van der Waals surface area contributed by atoms with Crippen molar-refractivity contribution in [2.24, 2.45) is 5.41 Å². The fourth-order valence-electron chi connectivity index (χ4n) is 7.81. The first-order valence-corrected chi connectivity index (χ1v) is 22.2. The average molecular weight is 834 g/mol. The SMILES string of the molecule is CCCCC1(CCCC)CS(=O)(=O)c2ccc(N(C)C)cc2[C@@H](c2cccc(NC(=O)N[C@@H]3O[C@H](COS(=O)(=O)O)[C@@H](O)[C@H](OCc4ccccc4)[C@H]3O)c2)[C@H]1O. The molecule has 0 aromatic heterocycles. The van der Waals surface area contributed by atoms with Crippen LogP contribution < -0.4 is 15.5 Å². The second-order valence-electron chi connectivity index (χ2n) is 15.1. The summed E-state index contributed by atoms with van der Waals surface area (Å²) in [7, 11) is -5.07. The van der Waals surface area contributed by atoms with Gasteiger partial charge < -0.3 is 40.3 Å². The van der Waals surface area contributed by atoms with Gasteiger partial charge in [0.1, 0.15) is 24.4 Å². The third-order valence-electron chi connectivity index (χ3n) is 10.8. The van der Waals surface area contributed by atoms with Crippen LogP contribution in [-0.2, 0) is 40.5 Å². The molecule has 314 valence electrons. The number of fused-ring (bicyclic) bond motifs is 1. The summed E-state index contributed by atoms with van der Waals surface area (Å²) < 4.78 is 76.3. The summed E-state index contributed by atoms with van der Waals surface area (Å²) in [5, 5.41) is 40.0. The molecular weight excluding hydrogens is 779 g/mol. The summed E-state index contributed by atoms with van der Waals surface area (Å²) in [5.74, 6) is -0.983. The number of hydrogen-bond acceptors (Lipinski definition) is 12. The molecule has 0 saturated carbocycles. The van der Waals surface area contributed by atoms with E-state index in [1.54, 1.807) is 72.8 Å². The molecule has 0 bridgehead atoms. The van der Waals surface area contributed by atoms with Crippen molar-refractivity contribution in [3.8, 4) is 0 Å². The van der Waals surface area contributed by atoms with Crippen LogP contribution in [0.15, 0.2) is 77.7 Å². The van der Waals surface area contributed by atoms with Gasteiger partial charge in [-0.1, -0.05) is 82.0 Å². The Balaban J connectivity index is 1.45. The van der Waals surface area contributed by atoms with Gasteiger partial charge in [0.2, 0.25) is 0 Å². The average Bonchev–Trinajstić information content (AvgIpc) is 3.23. The Bertz CT molecular complexity index is 2030. The van der Waals surface area contributed by atoms with E-state index in [0.29, 0.717) is 29.5 Å². The van der Waals surface area contributed by atoms with E-state index in [1.165, 1.54) is 0 Å². The van der Waals surface area contributed by atoms with Crippen molar-refractivity contribution < 1.29 is 55.2 Å². The molecule has 2 aliphatic rings. The largest absolute Gasteiger partial charge is 0.397 e. The molecule has 0 aliphatic carbocycles. The lowest BCUT2D eigenvalue weighted by atomic mass is 9.68. The topological polar surface area (TPSA) is 221 Å². The van der Waals surface area contributed by atoms with Gasteiger partial charge in [-0.05, 0) is 59.9 Å². The Morgan fingerprint density at radius 3 is 2.26 bits per heavy atom. The number of sulfone groups is 1. The van der Waals surface area contributed by atoms with Crippen LogP contribution >= 0.6 is 0 Å². The number of aliphatic hydroxyl groups is 3. The van der Waals surface area contributed by atoms with Gasteiger partial charge in [-0.25, -0.2) is 17.4 Å². The Kier molecular flexibility index (Phi) is 14.8. The first-order valence-electron chi connectivity index (χ1n) is 19.2. The van der Waals surface area contributed by atoms with E-state index in [4.69, 9.17) is 14.0 Å². The molecule has 3 aromatic carbocycles. The van der Waals surface area contributed by atoms with Gasteiger partial charge in [0.15, 0.2) is 16.1 Å². The van der Waals surface area contributed by atoms with Crippen LogP contribution in [0.5, 0.6) is 0 Å². The lowest BCUT2D eigenvalue weighted by molar-refractivity contribution is -0.246. The minimum atomic E-state index is -4.93. The van der Waals surface area contributed by atoms with Gasteiger partial charge in [-0.15, -0.1) is 0 Å². The van der Waals surface area contributed by atoms with Crippen molar-refractivity contribution in [1.29, 1.82) is 0 Å². The fraction of sp³-hybridized carbons (Fsp3) is 0.525. The van der Waals surface area contributed by atoms with Crippen LogP contribution in [0, 0.1) is 5.41 Å². The van der Waals surface area contributed by atoms with Crippen molar-refractivity contribution in [2.75, 3.05) is 36.7 Å². The van der Waals surface area contributed by atoms with Gasteiger partial charge in [-0.3, -0.25) is 4.55 Å². The molecule has 2 amide bonds. The molecule has 0 unspecified atom stereocenters. The van der Waals surface area contributed by atoms with E-state index < -0.39 is 81.0 Å². The number of aliphatic hydroxyl groups excluding tert-OH is 3. The summed E-state index contributed by atoms with van der Waals surface area (Å²) >= 11 is 0. The molecule has 2 aliphatic heterocycles. The van der Waals surface area contributed by atoms with Gasteiger partial charge >= 0.3 is 16.4 Å². The van der Waals surface area contributed by atoms with E-state index in [-0.39, 0.29) is 22.9 Å². The second kappa shape index (κ2) is 18.9. The van der Waals surface area contributed by atoms with Crippen LogP contribution in [-0.4, -0.2) is 106 Å². The fourth-order valence-corrected chi connectivity index (χ4v) is 10.3. The third-order valence-corrected chi connectivity index (χ3v) is 13.2. The molecule has 15 nitrogen and oxygen atoms in total. The Labute approximate surface area is 335 Å². The Morgan fingerprint density at radius 2 is 1.63 bits per heavy atom. The summed E-state index contributed by atoms with van der Waals surface area (Å²) in [5.41, 5.74) is 1.83. The van der Waals surface area contributed by atoms with Crippen molar-refractivity contribution >= 4 is 37.6 Å². The quantitative estimate of drug-likeness (QED) is 0.111. The molecule has 0 spiro atoms. The highest BCUT2D eigenvalue weighted by atomic mass is 32.3. The number of nitrogens with one attached hydrogen (secondary N) is 2. The number of carbonyl (C=O) groups is 1. The van der Waals surface area contributed by atoms with Crippen LogP contribution in [0.25, 0.3) is 0 Å². The number of rotatable bonds is 16. The van der Waals surface area contributed by atoms with Crippen LogP contribution in [0.3, 0.4) is 0 Å². The molecule has 5 rings (SSSR count). The van der Waals surface area contributed by atoms with Crippen molar-refractivity contribution in [1.82, 2.24) is 5.32 Å². The Morgan fingerprint density at radius 1 is 0.947 bits per heavy atom. The highest BCUT2D eigenvalue weighted by Crippen LogP contribution is 2.50. The first-order chi connectivity index (χ1) is 27.0. The number of anilines is 2. The van der Waals surface area contributed by atoms with E-state index in [1.807, 2.05) is 32.8 Å². The molecule has 1 fully saturated rings. The number of benzene rings is 3. The molecule has 3 aromatic rings. The first kappa shape index (κ1) is 44.5. The number of nitrogens with zero attached hydrogens (tertiary/aromatic N) is 1. The molecular formula is C40H55N3O12S2. The van der Waals surface area contributed by atoms with Crippen molar-refractivity contribution in [2.45, 2.75) is 107 Å². The number of hydrogen-bond donors (Lipinski definition) is 6. The van der Waals surface area contributed by atoms with Crippen molar-refractivity contribution in [3.05, 3.63) is 89.5 Å². The second-order valence-corrected chi connectivity index (χ2v) is 18.2. The molecule has 57 heavy (non-hydrogen) atoms. The van der Waals surface area contributed by atoms with Gasteiger partial charge in [0, 0.05) is 36.8 Å². The summed E-state index contributed by atoms with van der Waals surface area (Å²) in [6, 6.07) is 19.9. The van der Waals surface area contributed by atoms with Gasteiger partial charge in [-0.2, -0.15) is 8.42 Å². The molecule has 2 heterocycles. The molecule has 1 saturated heterocycles. The van der Waals surface area contributed by atoms with Crippen LogP contribution in [0.2, 0.25) is 0 Å². The normalized spacial score (nSPS) is 25.5. The zero-order valence-corrected chi connectivity index (χ0v) is 34.3. The number of ether oxygens (including phenoxy) is 2. The van der Waals surface area contributed by atoms with E-state index in [0.717, 1.165) is 31.4 Å². The Hall–Kier alpha value is -3.65. The van der Waals surface area contributed by atoms with Crippen LogP contribution in [0.4, 0.5) is 16.2 Å². The van der Waals surface area contributed by atoms with Crippen LogP contribution in [0.1, 0.15) is 75.0 Å². The zero-order chi connectivity index (χ0) is 41.5. The monoisotopic (exact) mass is 833 g/mol. The summed E-state index contributed by atoms with van der Waals surface area (Å²) in [6.45, 7) is 3.16. The van der Waals surface area contributed by atoms with Gasteiger partial charge in [0.25, 0.3) is 0 Å².